The van der Waals surface area contributed by atoms with Crippen molar-refractivity contribution in [2.45, 2.75) is 0 Å². The number of hydrogen-bond donors (Lipinski definition) is 0. The van der Waals surface area contributed by atoms with Crippen LogP contribution in [0.3, 0.4) is 0 Å². The van der Waals surface area contributed by atoms with Gasteiger partial charge in [0.25, 0.3) is 0 Å². The summed E-state index contributed by atoms with van der Waals surface area (Å²) in [5, 5.41) is 0. The van der Waals surface area contributed by atoms with E-state index in [4.69, 9.17) is 4.46 Å². The van der Waals surface area contributed by atoms with E-state index >= 15 is 0 Å². The number of hydrogen-bond acceptors (Lipinski definition) is 1. The summed E-state index contributed by atoms with van der Waals surface area (Å²) in [5.41, 5.74) is 0. The van der Waals surface area contributed by atoms with Gasteiger partial charge in [-0.1, -0.05) is 0 Å². The first-order valence-electron chi connectivity index (χ1n) is 0.204. The fourth-order valence-corrected chi connectivity index (χ4v) is 0. The molecule has 1 nitrogen and oxygen atoms in total. The Morgan fingerprint density at radius 1 is 1.25 bits per heavy atom. The van der Waals surface area contributed by atoms with Crippen LogP contribution in [-0.4, -0.2) is 27.5 Å². The molecule has 0 heterocycles. The van der Waals surface area contributed by atoms with E-state index < -0.39 is 0 Å². The summed E-state index contributed by atoms with van der Waals surface area (Å²) in [6.07, 6.45) is 0. The Labute approximate surface area is 53.7 Å². The van der Waals surface area contributed by atoms with Crippen molar-refractivity contribution in [1.82, 2.24) is 0 Å². The van der Waals surface area contributed by atoms with Crippen LogP contribution in [0.15, 0.2) is 0 Å². The second-order valence-corrected chi connectivity index (χ2v) is 0. The van der Waals surface area contributed by atoms with Crippen molar-refractivity contribution < 1.29 is 26.2 Å². The normalized spacial score (nSPS) is 1.00. The Balaban J connectivity index is -0.00000000500. The van der Waals surface area contributed by atoms with Gasteiger partial charge in [-0.05, 0) is 0 Å². The maximum absolute atomic E-state index is 8.06. The molecule has 0 aliphatic rings. The van der Waals surface area contributed by atoms with Gasteiger partial charge in [0.05, 0.1) is 0 Å². The molecule has 0 bridgehead atoms. The van der Waals surface area contributed by atoms with Crippen molar-refractivity contribution >= 4 is 27.5 Å². The summed E-state index contributed by atoms with van der Waals surface area (Å²) in [6, 6.07) is 0. The first-order valence-corrected chi connectivity index (χ1v) is 0.612. The average molecular weight is 119 g/mol. The molecule has 0 unspecified atom stereocenters. The molecular weight excluding hydrogens is 119 g/mol. The third-order valence-electron chi connectivity index (χ3n) is 0. The van der Waals surface area contributed by atoms with E-state index in [2.05, 4.69) is 0 Å². The summed E-state index contributed by atoms with van der Waals surface area (Å²) < 4.78 is 8.06. The van der Waals surface area contributed by atoms with Crippen molar-refractivity contribution in [3.63, 3.8) is 0 Å². The third kappa shape index (κ3) is 10.5. The molecule has 0 atom stereocenters. The van der Waals surface area contributed by atoms with Crippen LogP contribution in [0.25, 0.3) is 0 Å². The predicted octanol–water partition coefficient (Wildman–Crippen LogP) is -0.883. The van der Waals surface area contributed by atoms with E-state index in [0.29, 0.717) is 0 Å². The minimum Gasteiger partial charge on any atom is -0.381 e. The van der Waals surface area contributed by atoms with Crippen molar-refractivity contribution in [1.29, 1.82) is 0 Å². The van der Waals surface area contributed by atoms with Crippen molar-refractivity contribution in [2.75, 3.05) is 0 Å². The van der Waals surface area contributed by atoms with Gasteiger partial charge in [0.15, 0.2) is 0 Å². The molecule has 0 N–H and O–H groups in total. The second-order valence-electron chi connectivity index (χ2n) is 0. The van der Waals surface area contributed by atoms with E-state index in [-0.39, 0.29) is 39.1 Å². The van der Waals surface area contributed by atoms with E-state index in [1.165, 1.54) is 0 Å². The van der Waals surface area contributed by atoms with Crippen LogP contribution in [0.5, 0.6) is 0 Å². The fraction of sp³-hybridized carbons (Fsp3) is 0. The van der Waals surface area contributed by atoms with Gasteiger partial charge in [-0.3, -0.25) is 0 Å². The standard InChI is InChI=1S/Al.OSi.Ti/c;1-2;. The summed E-state index contributed by atoms with van der Waals surface area (Å²) in [6.45, 7) is 0. The summed E-state index contributed by atoms with van der Waals surface area (Å²) >= 11 is 0. The van der Waals surface area contributed by atoms with Crippen molar-refractivity contribution in [3.8, 4) is 0 Å². The van der Waals surface area contributed by atoms with E-state index in [1.807, 2.05) is 0 Å². The molecule has 17 valence electrons. The molecule has 0 saturated heterocycles. The minimum atomic E-state index is 0. The molecule has 0 rings (SSSR count). The van der Waals surface area contributed by atoms with Crippen LogP contribution in [0.2, 0.25) is 0 Å². The fourth-order valence-electron chi connectivity index (χ4n) is 0. The molecule has 0 spiro atoms. The monoisotopic (exact) mass is 119 g/mol. The zero-order valence-corrected chi connectivity index (χ0v) is 5.70. The van der Waals surface area contributed by atoms with Gasteiger partial charge in [-0.2, -0.15) is 0 Å². The third-order valence-corrected chi connectivity index (χ3v) is 0. The smallest absolute Gasteiger partial charge is 0.381 e. The first-order chi connectivity index (χ1) is 1.00. The predicted molar refractivity (Wildman–Crippen MR) is 12.2 cm³/mol. The van der Waals surface area contributed by atoms with Gasteiger partial charge < -0.3 is 4.46 Å². The Bertz CT molecular complexity index is 8.00. The van der Waals surface area contributed by atoms with Gasteiger partial charge in [0, 0.05) is 39.1 Å². The Morgan fingerprint density at radius 2 is 1.25 bits per heavy atom. The topological polar surface area (TPSA) is 17.1 Å². The molecule has 0 aromatic heterocycles. The largest absolute Gasteiger partial charge is 0.381 e. The quantitative estimate of drug-likeness (QED) is 0.378. The molecule has 0 aliphatic carbocycles. The molecule has 0 fully saturated rings. The van der Waals surface area contributed by atoms with Crippen LogP contribution in [0.4, 0.5) is 0 Å². The SMILES string of the molecule is O=[Si].[Al].[Ti]. The van der Waals surface area contributed by atoms with Gasteiger partial charge >= 0.3 is 10.1 Å². The maximum Gasteiger partial charge on any atom is 0.381 e. The Hall–Kier alpha value is 1.26. The Kier molecular flexibility index (Phi) is 133. The van der Waals surface area contributed by atoms with E-state index in [1.54, 1.807) is 10.1 Å². The van der Waals surface area contributed by atoms with Gasteiger partial charge in [-0.15, -0.1) is 0 Å². The molecule has 0 aromatic rings. The van der Waals surface area contributed by atoms with Gasteiger partial charge in [0.2, 0.25) is 0 Å². The van der Waals surface area contributed by atoms with Crippen LogP contribution in [-0.2, 0) is 26.2 Å². The molecule has 0 aromatic carbocycles. The van der Waals surface area contributed by atoms with Gasteiger partial charge in [0.1, 0.15) is 0 Å². The molecule has 5 radical (unpaired) electrons. The zero-order valence-electron chi connectivity index (χ0n) is 1.99. The Morgan fingerprint density at radius 3 is 1.25 bits per heavy atom. The number of rotatable bonds is 0. The van der Waals surface area contributed by atoms with Crippen molar-refractivity contribution in [2.24, 2.45) is 0 Å². The van der Waals surface area contributed by atoms with E-state index in [9.17, 15) is 0 Å². The molecular formula is AlOSiTi. The molecule has 0 saturated carbocycles. The minimum absolute atomic E-state index is 0. The zero-order chi connectivity index (χ0) is 2.00. The van der Waals surface area contributed by atoms with Crippen LogP contribution < -0.4 is 0 Å². The average Bonchev–Trinajstić information content (AvgIpc) is 1.00. The molecule has 4 heavy (non-hydrogen) atoms. The van der Waals surface area contributed by atoms with Crippen LogP contribution in [0.1, 0.15) is 0 Å². The van der Waals surface area contributed by atoms with Crippen LogP contribution in [0, 0.1) is 0 Å². The van der Waals surface area contributed by atoms with Crippen LogP contribution >= 0.6 is 0 Å². The summed E-state index contributed by atoms with van der Waals surface area (Å²) in [5.74, 6) is 0. The second kappa shape index (κ2) is 28.4. The molecule has 0 aliphatic heterocycles. The summed E-state index contributed by atoms with van der Waals surface area (Å²) in [7, 11) is 1.72. The maximum atomic E-state index is 8.06. The van der Waals surface area contributed by atoms with Crippen molar-refractivity contribution in [3.05, 3.63) is 0 Å². The summed E-state index contributed by atoms with van der Waals surface area (Å²) in [4.78, 5) is 0. The van der Waals surface area contributed by atoms with Gasteiger partial charge in [-0.25, -0.2) is 0 Å². The van der Waals surface area contributed by atoms with E-state index in [0.717, 1.165) is 0 Å². The first kappa shape index (κ1) is 18.7. The molecule has 0 amide bonds. The molecule has 4 heteroatoms.